The molecule has 1 unspecified atom stereocenters. The van der Waals surface area contributed by atoms with Crippen LogP contribution in [0, 0.1) is 0 Å². The van der Waals surface area contributed by atoms with Crippen molar-refractivity contribution in [2.75, 3.05) is 0 Å². The van der Waals surface area contributed by atoms with Crippen molar-refractivity contribution >= 4 is 22.5 Å². The predicted octanol–water partition coefficient (Wildman–Crippen LogP) is 3.45. The van der Waals surface area contributed by atoms with E-state index in [0.717, 1.165) is 3.93 Å². The number of unbranched alkanes of at least 4 members (excludes halogenated alkanes) is 5. The summed E-state index contributed by atoms with van der Waals surface area (Å²) in [7, 11) is 0. The van der Waals surface area contributed by atoms with Gasteiger partial charge >= 0.3 is 85.3 Å². The zero-order chi connectivity index (χ0) is 8.53. The predicted molar refractivity (Wildman–Crippen MR) is 54.6 cm³/mol. The molecule has 0 aliphatic heterocycles. The summed E-state index contributed by atoms with van der Waals surface area (Å²) in [6.45, 7) is 4.65. The monoisotopic (exact) mass is 262 g/mol. The van der Waals surface area contributed by atoms with E-state index >= 15 is 0 Å². The van der Waals surface area contributed by atoms with Gasteiger partial charge in [-0.05, 0) is 0 Å². The van der Waals surface area contributed by atoms with Crippen molar-refractivity contribution < 1.29 is 0 Å². The van der Waals surface area contributed by atoms with Crippen molar-refractivity contribution in [2.24, 2.45) is 0 Å². The van der Waals surface area contributed by atoms with Crippen molar-refractivity contribution in [3.63, 3.8) is 0 Å². The Morgan fingerprint density at radius 3 is 2.09 bits per heavy atom. The molecular formula is C10H22Sn. The molecule has 1 atom stereocenters. The average Bonchev–Trinajstić information content (AvgIpc) is 1.96. The van der Waals surface area contributed by atoms with Crippen LogP contribution in [0.2, 0.25) is 3.93 Å². The van der Waals surface area contributed by atoms with Gasteiger partial charge < -0.3 is 0 Å². The van der Waals surface area contributed by atoms with E-state index in [1.807, 2.05) is 0 Å². The zero-order valence-corrected chi connectivity index (χ0v) is 11.4. The Bertz CT molecular complexity index is 69.3. The average molecular weight is 261 g/mol. The van der Waals surface area contributed by atoms with Crippen LogP contribution in [0.1, 0.15) is 58.8 Å². The molecule has 1 heteroatoms. The van der Waals surface area contributed by atoms with Gasteiger partial charge in [-0.15, -0.1) is 0 Å². The van der Waals surface area contributed by atoms with Crippen LogP contribution in [0.3, 0.4) is 0 Å². The summed E-state index contributed by atoms with van der Waals surface area (Å²) in [6, 6.07) is 0. The van der Waals surface area contributed by atoms with Crippen LogP contribution in [0.15, 0.2) is 0 Å². The summed E-state index contributed by atoms with van der Waals surface area (Å²) in [4.78, 5) is 0. The van der Waals surface area contributed by atoms with Gasteiger partial charge in [-0.1, -0.05) is 0 Å². The molecule has 0 saturated carbocycles. The summed E-state index contributed by atoms with van der Waals surface area (Å²) in [6.07, 6.45) is 10.2. The molecule has 0 N–H and O–H groups in total. The molecule has 0 aliphatic rings. The molecule has 2 radical (unpaired) electrons. The van der Waals surface area contributed by atoms with Crippen LogP contribution in [0.25, 0.3) is 0 Å². The first-order valence-electron chi connectivity index (χ1n) is 5.03. The molecule has 0 heterocycles. The van der Waals surface area contributed by atoms with Gasteiger partial charge in [-0.3, -0.25) is 0 Å². The van der Waals surface area contributed by atoms with E-state index in [9.17, 15) is 0 Å². The molecular weight excluding hydrogens is 239 g/mol. The standard InChI is InChI=1S/C10H21.Sn.H/c1-3-5-7-9-10-8-6-4-2;;/h3H,4-10H2,1-2H3;;. The zero-order valence-electron chi connectivity index (χ0n) is 8.10. The van der Waals surface area contributed by atoms with E-state index < -0.39 is 0 Å². The molecule has 0 aromatic heterocycles. The Labute approximate surface area is 85.2 Å². The van der Waals surface area contributed by atoms with Crippen LogP contribution < -0.4 is 0 Å². The van der Waals surface area contributed by atoms with Crippen molar-refractivity contribution in [2.45, 2.75) is 62.7 Å². The van der Waals surface area contributed by atoms with E-state index in [2.05, 4.69) is 13.8 Å². The third-order valence-corrected chi connectivity index (χ3v) is 2.96. The second-order valence-corrected chi connectivity index (χ2v) is 6.78. The van der Waals surface area contributed by atoms with Gasteiger partial charge in [0.25, 0.3) is 0 Å². The maximum atomic E-state index is 2.37. The van der Waals surface area contributed by atoms with E-state index in [1.165, 1.54) is 67.5 Å². The molecule has 0 amide bonds. The van der Waals surface area contributed by atoms with Crippen LogP contribution in [-0.4, -0.2) is 22.5 Å². The van der Waals surface area contributed by atoms with Crippen molar-refractivity contribution in [1.29, 1.82) is 0 Å². The van der Waals surface area contributed by atoms with Gasteiger partial charge in [-0.25, -0.2) is 0 Å². The van der Waals surface area contributed by atoms with Crippen molar-refractivity contribution in [1.82, 2.24) is 0 Å². The fourth-order valence-corrected chi connectivity index (χ4v) is 1.92. The van der Waals surface area contributed by atoms with Crippen molar-refractivity contribution in [3.8, 4) is 0 Å². The molecule has 0 bridgehead atoms. The second kappa shape index (κ2) is 8.89. The van der Waals surface area contributed by atoms with E-state index in [1.54, 1.807) is 0 Å². The van der Waals surface area contributed by atoms with Gasteiger partial charge in [0.15, 0.2) is 0 Å². The van der Waals surface area contributed by atoms with Gasteiger partial charge in [0, 0.05) is 0 Å². The van der Waals surface area contributed by atoms with E-state index in [4.69, 9.17) is 0 Å². The molecule has 0 fully saturated rings. The number of rotatable bonds is 7. The van der Waals surface area contributed by atoms with E-state index in [-0.39, 0.29) is 0 Å². The SMILES string of the molecule is CCCCCCCC[CH](C)[SnH]. The first kappa shape index (κ1) is 11.8. The van der Waals surface area contributed by atoms with Crippen LogP contribution in [0.5, 0.6) is 0 Å². The Hall–Kier alpha value is 0.799. The van der Waals surface area contributed by atoms with Gasteiger partial charge in [0.1, 0.15) is 0 Å². The van der Waals surface area contributed by atoms with E-state index in [0.29, 0.717) is 0 Å². The molecule has 11 heavy (non-hydrogen) atoms. The second-order valence-electron chi connectivity index (χ2n) is 3.53. The molecule has 0 aliphatic carbocycles. The van der Waals surface area contributed by atoms with Crippen molar-refractivity contribution in [3.05, 3.63) is 0 Å². The molecule has 0 nitrogen and oxygen atoms in total. The molecule has 0 aromatic carbocycles. The number of hydrogen-bond acceptors (Lipinski definition) is 0. The Kier molecular flexibility index (Phi) is 9.54. The molecule has 0 rings (SSSR count). The first-order chi connectivity index (χ1) is 5.27. The summed E-state index contributed by atoms with van der Waals surface area (Å²) >= 11 is 1.45. The summed E-state index contributed by atoms with van der Waals surface area (Å²) in [5, 5.41) is 0. The molecule has 66 valence electrons. The summed E-state index contributed by atoms with van der Waals surface area (Å²) < 4.78 is 1.03. The molecule has 0 saturated heterocycles. The van der Waals surface area contributed by atoms with Crippen LogP contribution in [-0.2, 0) is 0 Å². The summed E-state index contributed by atoms with van der Waals surface area (Å²) in [5.74, 6) is 0. The molecule has 0 spiro atoms. The maximum absolute atomic E-state index is 2.37. The van der Waals surface area contributed by atoms with Gasteiger partial charge in [0.05, 0.1) is 0 Å². The van der Waals surface area contributed by atoms with Crippen LogP contribution >= 0.6 is 0 Å². The summed E-state index contributed by atoms with van der Waals surface area (Å²) in [5.41, 5.74) is 0. The van der Waals surface area contributed by atoms with Gasteiger partial charge in [-0.2, -0.15) is 0 Å². The topological polar surface area (TPSA) is 0 Å². The fourth-order valence-electron chi connectivity index (χ4n) is 1.25. The quantitative estimate of drug-likeness (QED) is 0.486. The number of hydrogen-bond donors (Lipinski definition) is 0. The minimum atomic E-state index is 1.03. The van der Waals surface area contributed by atoms with Gasteiger partial charge in [0.2, 0.25) is 0 Å². The Morgan fingerprint density at radius 1 is 1.00 bits per heavy atom. The normalized spacial score (nSPS) is 13.4. The third kappa shape index (κ3) is 10.8. The Balaban J connectivity index is 2.80. The molecule has 0 aromatic rings. The van der Waals surface area contributed by atoms with Crippen LogP contribution in [0.4, 0.5) is 0 Å². The minimum absolute atomic E-state index is 1.03. The first-order valence-corrected chi connectivity index (χ1v) is 6.93. The fraction of sp³-hybridized carbons (Fsp3) is 1.00. The Morgan fingerprint density at radius 2 is 1.55 bits per heavy atom. The third-order valence-electron chi connectivity index (χ3n) is 2.01.